The number of anilines is 1. The van der Waals surface area contributed by atoms with Crippen LogP contribution in [0.3, 0.4) is 0 Å². The van der Waals surface area contributed by atoms with E-state index in [1.807, 2.05) is 25.1 Å². The Morgan fingerprint density at radius 2 is 2.30 bits per heavy atom. The fraction of sp³-hybridized carbons (Fsp3) is 0.429. The summed E-state index contributed by atoms with van der Waals surface area (Å²) >= 11 is 2.23. The zero-order valence-electron chi connectivity index (χ0n) is 11.2. The first-order valence-electron chi connectivity index (χ1n) is 6.69. The maximum atomic E-state index is 5.98. The quantitative estimate of drug-likeness (QED) is 0.631. The number of nitrogens with zero attached hydrogens (tertiary/aromatic N) is 2. The summed E-state index contributed by atoms with van der Waals surface area (Å²) < 4.78 is 12.2. The fourth-order valence-corrected chi connectivity index (χ4v) is 2.66. The second kappa shape index (κ2) is 5.69. The van der Waals surface area contributed by atoms with Crippen LogP contribution in [0, 0.1) is 9.49 Å². The van der Waals surface area contributed by atoms with Gasteiger partial charge in [0, 0.05) is 15.9 Å². The van der Waals surface area contributed by atoms with Crippen LogP contribution in [0.25, 0.3) is 11.5 Å². The number of nitrogen functional groups attached to an aromatic ring is 1. The molecule has 0 amide bonds. The van der Waals surface area contributed by atoms with E-state index in [1.54, 1.807) is 0 Å². The summed E-state index contributed by atoms with van der Waals surface area (Å²) in [4.78, 5) is 4.48. The Balaban J connectivity index is 1.90. The van der Waals surface area contributed by atoms with Gasteiger partial charge in [-0.05, 0) is 66.5 Å². The van der Waals surface area contributed by atoms with Crippen molar-refractivity contribution in [2.24, 2.45) is 5.92 Å². The zero-order valence-corrected chi connectivity index (χ0v) is 13.3. The van der Waals surface area contributed by atoms with Crippen molar-refractivity contribution in [1.82, 2.24) is 10.1 Å². The highest BCUT2D eigenvalue weighted by atomic mass is 127. The molecule has 6 heteroatoms. The smallest absolute Gasteiger partial charge is 0.260 e. The Kier molecular flexibility index (Phi) is 3.93. The molecule has 0 aliphatic heterocycles. The van der Waals surface area contributed by atoms with E-state index in [1.165, 1.54) is 12.8 Å². The number of rotatable bonds is 5. The molecule has 2 aromatic rings. The predicted molar refractivity (Wildman–Crippen MR) is 84.0 cm³/mol. The van der Waals surface area contributed by atoms with Gasteiger partial charge in [0.25, 0.3) is 5.89 Å². The van der Waals surface area contributed by atoms with Gasteiger partial charge in [-0.25, -0.2) is 0 Å². The summed E-state index contributed by atoms with van der Waals surface area (Å²) in [6, 6.07) is 5.74. The molecule has 0 spiro atoms. The van der Waals surface area contributed by atoms with Gasteiger partial charge in [0.1, 0.15) is 6.10 Å². The van der Waals surface area contributed by atoms with Gasteiger partial charge in [0.15, 0.2) is 0 Å². The summed E-state index contributed by atoms with van der Waals surface area (Å²) in [7, 11) is 0. The standard InChI is InChI=1S/C14H16IN3O2/c1-2-19-12(8-3-4-8)13-17-14(20-18-13)10-7-9(15)5-6-11(10)16/h5-8,12H,2-4,16H2,1H3. The van der Waals surface area contributed by atoms with Crippen molar-refractivity contribution in [3.05, 3.63) is 27.6 Å². The van der Waals surface area contributed by atoms with Crippen molar-refractivity contribution in [1.29, 1.82) is 0 Å². The molecule has 1 aromatic heterocycles. The maximum absolute atomic E-state index is 5.98. The first kappa shape index (κ1) is 13.8. The third kappa shape index (κ3) is 2.80. The van der Waals surface area contributed by atoms with Gasteiger partial charge >= 0.3 is 0 Å². The van der Waals surface area contributed by atoms with Gasteiger partial charge in [-0.15, -0.1) is 0 Å². The zero-order chi connectivity index (χ0) is 14.1. The van der Waals surface area contributed by atoms with Crippen LogP contribution >= 0.6 is 22.6 Å². The second-order valence-corrected chi connectivity index (χ2v) is 6.15. The molecule has 1 fully saturated rings. The lowest BCUT2D eigenvalue weighted by atomic mass is 10.2. The molecule has 1 saturated carbocycles. The molecule has 106 valence electrons. The fourth-order valence-electron chi connectivity index (χ4n) is 2.17. The molecule has 0 bridgehead atoms. The van der Waals surface area contributed by atoms with Crippen LogP contribution in [-0.4, -0.2) is 16.7 Å². The average Bonchev–Trinajstić information content (AvgIpc) is 3.16. The Hall–Kier alpha value is -1.15. The highest BCUT2D eigenvalue weighted by molar-refractivity contribution is 14.1. The van der Waals surface area contributed by atoms with E-state index in [-0.39, 0.29) is 6.10 Å². The predicted octanol–water partition coefficient (Wildman–Crippen LogP) is 3.41. The summed E-state index contributed by atoms with van der Waals surface area (Å²) in [5.74, 6) is 1.61. The molecule has 3 rings (SSSR count). The van der Waals surface area contributed by atoms with E-state index in [4.69, 9.17) is 15.0 Å². The molecular weight excluding hydrogens is 369 g/mol. The molecule has 1 unspecified atom stereocenters. The SMILES string of the molecule is CCOC(c1noc(-c2cc(I)ccc2N)n1)C1CC1. The molecule has 1 heterocycles. The maximum Gasteiger partial charge on any atom is 0.260 e. The molecule has 1 aliphatic carbocycles. The Morgan fingerprint density at radius 3 is 3.00 bits per heavy atom. The first-order chi connectivity index (χ1) is 9.69. The Bertz CT molecular complexity index is 610. The normalized spacial score (nSPS) is 16.3. The van der Waals surface area contributed by atoms with Gasteiger partial charge in [0.2, 0.25) is 5.82 Å². The monoisotopic (exact) mass is 385 g/mol. The minimum atomic E-state index is -0.0542. The van der Waals surface area contributed by atoms with Crippen molar-refractivity contribution in [3.63, 3.8) is 0 Å². The lowest BCUT2D eigenvalue weighted by molar-refractivity contribution is 0.0385. The largest absolute Gasteiger partial charge is 0.398 e. The van der Waals surface area contributed by atoms with Crippen LogP contribution < -0.4 is 5.73 Å². The highest BCUT2D eigenvalue weighted by Gasteiger charge is 2.36. The van der Waals surface area contributed by atoms with Crippen LogP contribution in [0.1, 0.15) is 31.7 Å². The number of ether oxygens (including phenoxy) is 1. The molecule has 1 atom stereocenters. The van der Waals surface area contributed by atoms with Crippen molar-refractivity contribution >= 4 is 28.3 Å². The molecule has 2 N–H and O–H groups in total. The summed E-state index contributed by atoms with van der Waals surface area (Å²) in [6.45, 7) is 2.63. The van der Waals surface area contributed by atoms with Gasteiger partial charge in [-0.2, -0.15) is 4.98 Å². The van der Waals surface area contributed by atoms with Crippen LogP contribution in [0.2, 0.25) is 0 Å². The first-order valence-corrected chi connectivity index (χ1v) is 7.77. The number of halogens is 1. The van der Waals surface area contributed by atoms with Crippen LogP contribution in [0.5, 0.6) is 0 Å². The van der Waals surface area contributed by atoms with Crippen molar-refractivity contribution < 1.29 is 9.26 Å². The van der Waals surface area contributed by atoms with E-state index >= 15 is 0 Å². The van der Waals surface area contributed by atoms with E-state index in [0.717, 1.165) is 9.13 Å². The summed E-state index contributed by atoms with van der Waals surface area (Å²) in [5, 5.41) is 4.07. The Morgan fingerprint density at radius 1 is 1.50 bits per heavy atom. The van der Waals surface area contributed by atoms with Crippen molar-refractivity contribution in [2.75, 3.05) is 12.3 Å². The highest BCUT2D eigenvalue weighted by Crippen LogP contribution is 2.42. The van der Waals surface area contributed by atoms with E-state index in [2.05, 4.69) is 32.7 Å². The lowest BCUT2D eigenvalue weighted by Gasteiger charge is -2.11. The van der Waals surface area contributed by atoms with Crippen LogP contribution in [-0.2, 0) is 4.74 Å². The average molecular weight is 385 g/mol. The molecule has 0 radical (unpaired) electrons. The van der Waals surface area contributed by atoms with Crippen LogP contribution in [0.4, 0.5) is 5.69 Å². The molecular formula is C14H16IN3O2. The number of hydrogen-bond donors (Lipinski definition) is 1. The van der Waals surface area contributed by atoms with Gasteiger partial charge in [0.05, 0.1) is 5.56 Å². The van der Waals surface area contributed by atoms with Crippen LogP contribution in [0.15, 0.2) is 22.7 Å². The van der Waals surface area contributed by atoms with Crippen molar-refractivity contribution in [2.45, 2.75) is 25.9 Å². The lowest BCUT2D eigenvalue weighted by Crippen LogP contribution is -2.08. The number of nitrogens with two attached hydrogens (primary N) is 1. The van der Waals surface area contributed by atoms with Gasteiger partial charge in [-0.1, -0.05) is 5.16 Å². The molecule has 20 heavy (non-hydrogen) atoms. The summed E-state index contributed by atoms with van der Waals surface area (Å²) in [5.41, 5.74) is 7.39. The number of benzene rings is 1. The number of hydrogen-bond acceptors (Lipinski definition) is 5. The molecule has 1 aliphatic rings. The molecule has 0 saturated heterocycles. The minimum absolute atomic E-state index is 0.0542. The van der Waals surface area contributed by atoms with E-state index < -0.39 is 0 Å². The minimum Gasteiger partial charge on any atom is -0.398 e. The van der Waals surface area contributed by atoms with Gasteiger partial charge < -0.3 is 15.0 Å². The topological polar surface area (TPSA) is 74.2 Å². The van der Waals surface area contributed by atoms with E-state index in [9.17, 15) is 0 Å². The molecule has 1 aromatic carbocycles. The number of aromatic nitrogens is 2. The van der Waals surface area contributed by atoms with Gasteiger partial charge in [-0.3, -0.25) is 0 Å². The summed E-state index contributed by atoms with van der Waals surface area (Å²) in [6.07, 6.45) is 2.28. The third-order valence-corrected chi connectivity index (χ3v) is 4.01. The van der Waals surface area contributed by atoms with Crippen molar-refractivity contribution in [3.8, 4) is 11.5 Å². The van der Waals surface area contributed by atoms with E-state index in [0.29, 0.717) is 29.9 Å². The second-order valence-electron chi connectivity index (χ2n) is 4.90. The third-order valence-electron chi connectivity index (χ3n) is 3.34. The Labute approximate surface area is 131 Å². The molecule has 5 nitrogen and oxygen atoms in total.